The molecule has 0 saturated carbocycles. The largest absolute Gasteiger partial charge is 0.375 e. The summed E-state index contributed by atoms with van der Waals surface area (Å²) in [6.45, 7) is 2.01. The molecule has 0 aromatic heterocycles. The van der Waals surface area contributed by atoms with E-state index < -0.39 is 12.0 Å². The number of aldehydes is 1. The van der Waals surface area contributed by atoms with E-state index in [0.717, 1.165) is 6.29 Å². The predicted molar refractivity (Wildman–Crippen MR) is 71.2 cm³/mol. The number of anilines is 1. The van der Waals surface area contributed by atoms with Crippen molar-refractivity contribution >= 4 is 12.0 Å². The van der Waals surface area contributed by atoms with E-state index in [1.54, 1.807) is 11.0 Å². The third kappa shape index (κ3) is 2.19. The van der Waals surface area contributed by atoms with E-state index in [-0.39, 0.29) is 6.61 Å². The molecule has 0 radical (unpaired) electrons. The second kappa shape index (κ2) is 5.47. The quantitative estimate of drug-likeness (QED) is 0.655. The molecule has 1 aromatic carbocycles. The Morgan fingerprint density at radius 1 is 1.40 bits per heavy atom. The van der Waals surface area contributed by atoms with E-state index >= 15 is 0 Å². The van der Waals surface area contributed by atoms with Crippen LogP contribution < -0.4 is 10.2 Å². The number of rotatable bonds is 3. The van der Waals surface area contributed by atoms with Crippen LogP contribution in [0.2, 0.25) is 0 Å². The van der Waals surface area contributed by atoms with Crippen LogP contribution in [0, 0.1) is 0 Å². The fraction of sp³-hybridized carbons (Fsp3) is 0.500. The summed E-state index contributed by atoms with van der Waals surface area (Å²) >= 11 is 0. The van der Waals surface area contributed by atoms with Gasteiger partial charge >= 0.3 is 0 Å². The molecule has 6 heteroatoms. The highest BCUT2D eigenvalue weighted by Gasteiger charge is 2.40. The van der Waals surface area contributed by atoms with Crippen molar-refractivity contribution in [3.05, 3.63) is 29.8 Å². The molecule has 2 saturated heterocycles. The summed E-state index contributed by atoms with van der Waals surface area (Å²) in [5.41, 5.74) is 0.149. The van der Waals surface area contributed by atoms with Gasteiger partial charge in [0.1, 0.15) is 0 Å². The summed E-state index contributed by atoms with van der Waals surface area (Å²) in [5.74, 6) is 0. The first-order chi connectivity index (χ1) is 9.77. The van der Waals surface area contributed by atoms with Gasteiger partial charge in [-0.25, -0.2) is 4.39 Å². The lowest BCUT2D eigenvalue weighted by atomic mass is 10.0. The number of nitrogens with one attached hydrogen (secondary N) is 1. The van der Waals surface area contributed by atoms with Crippen molar-refractivity contribution in [1.29, 1.82) is 0 Å². The molecular formula is C14H17FN2O3. The Kier molecular flexibility index (Phi) is 3.69. The third-order valence-electron chi connectivity index (χ3n) is 3.67. The predicted octanol–water partition coefficient (Wildman–Crippen LogP) is 0.790. The number of hydrogen-bond acceptors (Lipinski definition) is 5. The molecule has 0 bridgehead atoms. The molecule has 0 amide bonds. The number of carbonyl (C=O) groups excluding carboxylic acids is 1. The molecule has 2 heterocycles. The van der Waals surface area contributed by atoms with Crippen molar-refractivity contribution in [2.24, 2.45) is 0 Å². The number of halogens is 1. The number of ether oxygens (including phenoxy) is 2. The van der Waals surface area contributed by atoms with Gasteiger partial charge in [-0.05, 0) is 6.07 Å². The minimum atomic E-state index is -1.21. The van der Waals surface area contributed by atoms with E-state index in [0.29, 0.717) is 37.6 Å². The van der Waals surface area contributed by atoms with Gasteiger partial charge in [-0.1, -0.05) is 18.2 Å². The molecule has 108 valence electrons. The number of para-hydroxylation sites is 1. The van der Waals surface area contributed by atoms with Crippen LogP contribution in [0.1, 0.15) is 5.56 Å². The van der Waals surface area contributed by atoms with Gasteiger partial charge < -0.3 is 14.4 Å². The molecule has 2 atom stereocenters. The third-order valence-corrected chi connectivity index (χ3v) is 3.67. The second-order valence-electron chi connectivity index (χ2n) is 4.85. The van der Waals surface area contributed by atoms with Gasteiger partial charge in [-0.3, -0.25) is 10.1 Å². The molecule has 1 aromatic rings. The Morgan fingerprint density at radius 2 is 2.25 bits per heavy atom. The molecule has 2 fully saturated rings. The number of hydrogen-bond donors (Lipinski definition) is 1. The molecule has 3 rings (SSSR count). The van der Waals surface area contributed by atoms with E-state index in [4.69, 9.17) is 9.47 Å². The van der Waals surface area contributed by atoms with Gasteiger partial charge in [0, 0.05) is 24.3 Å². The molecule has 2 aliphatic heterocycles. The van der Waals surface area contributed by atoms with E-state index in [1.165, 1.54) is 0 Å². The van der Waals surface area contributed by atoms with Crippen molar-refractivity contribution in [2.45, 2.75) is 12.0 Å². The van der Waals surface area contributed by atoms with Crippen molar-refractivity contribution in [2.75, 3.05) is 37.8 Å². The Balaban J connectivity index is 2.01. The van der Waals surface area contributed by atoms with Crippen LogP contribution in [0.25, 0.3) is 0 Å². The van der Waals surface area contributed by atoms with E-state index in [2.05, 4.69) is 5.32 Å². The van der Waals surface area contributed by atoms with Crippen LogP contribution in [0.15, 0.2) is 24.3 Å². The summed E-state index contributed by atoms with van der Waals surface area (Å²) in [4.78, 5) is 13.1. The SMILES string of the molecule is O=CC1(c2ccccc2N2CCOCC2F)NCCO1. The van der Waals surface area contributed by atoms with Gasteiger partial charge in [-0.2, -0.15) is 0 Å². The fourth-order valence-corrected chi connectivity index (χ4v) is 2.69. The molecule has 1 N–H and O–H groups in total. The van der Waals surface area contributed by atoms with Crippen molar-refractivity contribution in [1.82, 2.24) is 5.32 Å². The number of alkyl halides is 1. The standard InChI is InChI=1S/C14H17FN2O3/c15-13-9-19-8-6-17(13)12-4-2-1-3-11(12)14(10-18)16-5-7-20-14/h1-4,10,13,16H,5-9H2. The second-order valence-corrected chi connectivity index (χ2v) is 4.85. The summed E-state index contributed by atoms with van der Waals surface area (Å²) in [6, 6.07) is 7.25. The van der Waals surface area contributed by atoms with Crippen molar-refractivity contribution in [3.8, 4) is 0 Å². The molecule has 0 spiro atoms. The number of carbonyl (C=O) groups is 1. The summed E-state index contributed by atoms with van der Waals surface area (Å²) in [5, 5.41) is 3.06. The highest BCUT2D eigenvalue weighted by atomic mass is 19.1. The van der Waals surface area contributed by atoms with Crippen LogP contribution in [-0.2, 0) is 20.0 Å². The van der Waals surface area contributed by atoms with Crippen LogP contribution >= 0.6 is 0 Å². The Bertz CT molecular complexity index is 491. The topological polar surface area (TPSA) is 50.8 Å². The number of nitrogens with zero attached hydrogens (tertiary/aromatic N) is 1. The van der Waals surface area contributed by atoms with Gasteiger partial charge in [0.2, 0.25) is 5.72 Å². The molecule has 5 nitrogen and oxygen atoms in total. The summed E-state index contributed by atoms with van der Waals surface area (Å²) < 4.78 is 24.8. The lowest BCUT2D eigenvalue weighted by molar-refractivity contribution is -0.128. The minimum Gasteiger partial charge on any atom is -0.375 e. The Hall–Kier alpha value is -1.50. The molecular weight excluding hydrogens is 263 g/mol. The zero-order chi connectivity index (χ0) is 14.0. The Labute approximate surface area is 116 Å². The van der Waals surface area contributed by atoms with Crippen LogP contribution in [-0.4, -0.2) is 45.5 Å². The molecule has 20 heavy (non-hydrogen) atoms. The molecule has 2 unspecified atom stereocenters. The molecule has 2 aliphatic rings. The lowest BCUT2D eigenvalue weighted by Gasteiger charge is -2.36. The fourth-order valence-electron chi connectivity index (χ4n) is 2.69. The smallest absolute Gasteiger partial charge is 0.204 e. The van der Waals surface area contributed by atoms with Gasteiger partial charge in [0.25, 0.3) is 0 Å². The number of morpholine rings is 1. The van der Waals surface area contributed by atoms with E-state index in [1.807, 2.05) is 18.2 Å². The highest BCUT2D eigenvalue weighted by Crippen LogP contribution is 2.34. The first kappa shape index (κ1) is 13.5. The number of benzene rings is 1. The minimum absolute atomic E-state index is 0.0384. The average molecular weight is 280 g/mol. The average Bonchev–Trinajstić information content (AvgIpc) is 2.98. The zero-order valence-electron chi connectivity index (χ0n) is 11.0. The maximum atomic E-state index is 14.1. The maximum absolute atomic E-state index is 14.1. The van der Waals surface area contributed by atoms with Crippen LogP contribution in [0.4, 0.5) is 10.1 Å². The highest BCUT2D eigenvalue weighted by molar-refractivity contribution is 5.72. The van der Waals surface area contributed by atoms with Crippen LogP contribution in [0.3, 0.4) is 0 Å². The first-order valence-electron chi connectivity index (χ1n) is 6.70. The lowest BCUT2D eigenvalue weighted by Crippen LogP contribution is -2.46. The van der Waals surface area contributed by atoms with Gasteiger partial charge in [-0.15, -0.1) is 0 Å². The van der Waals surface area contributed by atoms with Crippen molar-refractivity contribution < 1.29 is 18.7 Å². The summed E-state index contributed by atoms with van der Waals surface area (Å²) in [6.07, 6.45) is -0.470. The van der Waals surface area contributed by atoms with Crippen LogP contribution in [0.5, 0.6) is 0 Å². The monoisotopic (exact) mass is 280 g/mol. The zero-order valence-corrected chi connectivity index (χ0v) is 11.0. The maximum Gasteiger partial charge on any atom is 0.204 e. The molecule has 0 aliphatic carbocycles. The van der Waals surface area contributed by atoms with Gasteiger partial charge in [0.15, 0.2) is 12.6 Å². The normalized spacial score (nSPS) is 30.4. The first-order valence-corrected chi connectivity index (χ1v) is 6.70. The van der Waals surface area contributed by atoms with Crippen molar-refractivity contribution in [3.63, 3.8) is 0 Å². The van der Waals surface area contributed by atoms with Gasteiger partial charge in [0.05, 0.1) is 19.8 Å². The summed E-state index contributed by atoms with van der Waals surface area (Å²) in [7, 11) is 0. The Morgan fingerprint density at radius 3 is 2.95 bits per heavy atom. The van der Waals surface area contributed by atoms with E-state index in [9.17, 15) is 9.18 Å².